The molecular weight excluding hydrogens is 407 g/mol. The van der Waals surface area contributed by atoms with Crippen molar-refractivity contribution in [2.75, 3.05) is 0 Å². The fourth-order valence-electron chi connectivity index (χ4n) is 3.98. The Morgan fingerprint density at radius 2 is 0.933 bits per heavy atom. The second kappa shape index (κ2) is 23.0. The Bertz CT molecular complexity index is 442. The first-order valence-electron chi connectivity index (χ1n) is 12.5. The van der Waals surface area contributed by atoms with Crippen LogP contribution >= 0.6 is 0 Å². The molecule has 0 rings (SSSR count). The van der Waals surface area contributed by atoms with E-state index >= 15 is 0 Å². The van der Waals surface area contributed by atoms with Crippen LogP contribution in [0.1, 0.15) is 142 Å². The molecule has 176 valence electrons. The van der Waals surface area contributed by atoms with Gasteiger partial charge >= 0.3 is 29.6 Å². The van der Waals surface area contributed by atoms with Crippen molar-refractivity contribution in [3.05, 3.63) is 0 Å². The van der Waals surface area contributed by atoms with E-state index in [1.54, 1.807) is 0 Å². The van der Waals surface area contributed by atoms with E-state index in [4.69, 9.17) is 0 Å². The molecule has 30 heavy (non-hydrogen) atoms. The molecule has 0 saturated heterocycles. The monoisotopic (exact) mass is 456 g/mol. The summed E-state index contributed by atoms with van der Waals surface area (Å²) in [6.45, 7) is 4.24. The van der Waals surface area contributed by atoms with Gasteiger partial charge in [-0.15, -0.1) is 0 Å². The van der Waals surface area contributed by atoms with Gasteiger partial charge in [0.25, 0.3) is 0 Å². The van der Waals surface area contributed by atoms with E-state index in [-0.39, 0.29) is 35.7 Å². The average molecular weight is 457 g/mol. The van der Waals surface area contributed by atoms with Gasteiger partial charge in [-0.3, -0.25) is 0 Å². The maximum atomic E-state index is 11.3. The largest absolute Gasteiger partial charge is 1.00 e. The molecule has 2 atom stereocenters. The Hall–Kier alpha value is 0.870. The molecule has 0 aliphatic heterocycles. The molecule has 4 nitrogen and oxygen atoms in total. The quantitative estimate of drug-likeness (QED) is 0.151. The minimum Gasteiger partial charge on any atom is -0.748 e. The molecular formula is C24H49NaO4S. The van der Waals surface area contributed by atoms with Crippen LogP contribution in [0, 0.1) is 0 Å². The second-order valence-electron chi connectivity index (χ2n) is 8.87. The van der Waals surface area contributed by atoms with Gasteiger partial charge in [0, 0.05) is 5.25 Å². The number of unbranched alkanes of at least 4 members (excludes halogenated alkanes) is 13. The molecule has 0 aliphatic carbocycles. The van der Waals surface area contributed by atoms with Crippen molar-refractivity contribution < 1.29 is 47.6 Å². The third kappa shape index (κ3) is 22.1. The summed E-state index contributed by atoms with van der Waals surface area (Å²) in [4.78, 5) is 0. The number of aliphatic hydroxyl groups is 1. The van der Waals surface area contributed by atoms with Crippen LogP contribution in [0.2, 0.25) is 0 Å². The Labute approximate surface area is 210 Å². The second-order valence-corrected chi connectivity index (χ2v) is 10.5. The van der Waals surface area contributed by atoms with E-state index in [1.807, 2.05) is 6.92 Å². The SMILES string of the molecule is CCCCCCC(O)CCCCCCCCCCCCC(CCCC)S(=O)(=O)[O-].[Na+]. The van der Waals surface area contributed by atoms with Crippen molar-refractivity contribution in [3.8, 4) is 0 Å². The fraction of sp³-hybridized carbons (Fsp3) is 1.00. The van der Waals surface area contributed by atoms with Crippen LogP contribution in [0.4, 0.5) is 0 Å². The van der Waals surface area contributed by atoms with E-state index in [1.165, 1.54) is 64.2 Å². The molecule has 1 N–H and O–H groups in total. The maximum Gasteiger partial charge on any atom is 1.00 e. The van der Waals surface area contributed by atoms with E-state index < -0.39 is 15.4 Å². The van der Waals surface area contributed by atoms with E-state index in [9.17, 15) is 18.1 Å². The summed E-state index contributed by atoms with van der Waals surface area (Å²) in [5.74, 6) is 0. The van der Waals surface area contributed by atoms with Crippen molar-refractivity contribution in [2.24, 2.45) is 0 Å². The molecule has 0 radical (unpaired) electrons. The van der Waals surface area contributed by atoms with Gasteiger partial charge in [0.05, 0.1) is 16.2 Å². The maximum absolute atomic E-state index is 11.3. The third-order valence-corrected chi connectivity index (χ3v) is 7.28. The van der Waals surface area contributed by atoms with Gasteiger partial charge in [0.2, 0.25) is 0 Å². The summed E-state index contributed by atoms with van der Waals surface area (Å²) in [5, 5.41) is 9.29. The molecule has 0 saturated carbocycles. The van der Waals surface area contributed by atoms with Crippen molar-refractivity contribution in [2.45, 2.75) is 154 Å². The standard InChI is InChI=1S/C24H50O4S.Na/c1-3-5-7-16-19-23(25)20-17-14-12-10-8-9-11-13-15-18-22-24(21-6-4-2)29(26,27)28;/h23-25H,3-22H2,1-2H3,(H,26,27,28);/q;+1/p-1. The minimum absolute atomic E-state index is 0. The van der Waals surface area contributed by atoms with E-state index in [0.29, 0.717) is 12.8 Å². The van der Waals surface area contributed by atoms with Gasteiger partial charge < -0.3 is 9.66 Å². The van der Waals surface area contributed by atoms with Crippen molar-refractivity contribution >= 4 is 10.1 Å². The number of rotatable bonds is 22. The van der Waals surface area contributed by atoms with Crippen LogP contribution in [0.25, 0.3) is 0 Å². The molecule has 0 aromatic heterocycles. The van der Waals surface area contributed by atoms with Crippen molar-refractivity contribution in [1.82, 2.24) is 0 Å². The van der Waals surface area contributed by atoms with Crippen molar-refractivity contribution in [3.63, 3.8) is 0 Å². The molecule has 0 bridgehead atoms. The van der Waals surface area contributed by atoms with Crippen LogP contribution in [-0.2, 0) is 10.1 Å². The topological polar surface area (TPSA) is 77.4 Å². The summed E-state index contributed by atoms with van der Waals surface area (Å²) in [5.41, 5.74) is 0. The van der Waals surface area contributed by atoms with E-state index in [2.05, 4.69) is 6.92 Å². The number of hydrogen-bond acceptors (Lipinski definition) is 4. The molecule has 0 fully saturated rings. The van der Waals surface area contributed by atoms with Gasteiger partial charge in [0.15, 0.2) is 0 Å². The first-order chi connectivity index (χ1) is 13.9. The molecule has 2 unspecified atom stereocenters. The smallest absolute Gasteiger partial charge is 0.748 e. The Morgan fingerprint density at radius 1 is 0.600 bits per heavy atom. The van der Waals surface area contributed by atoms with Crippen LogP contribution in [0.15, 0.2) is 0 Å². The molecule has 6 heteroatoms. The zero-order valence-corrected chi connectivity index (χ0v) is 23.2. The Balaban J connectivity index is 0. The van der Waals surface area contributed by atoms with Gasteiger partial charge in [-0.2, -0.15) is 0 Å². The molecule has 0 amide bonds. The van der Waals surface area contributed by atoms with E-state index in [0.717, 1.165) is 51.4 Å². The minimum atomic E-state index is -4.13. The van der Waals surface area contributed by atoms with Gasteiger partial charge in [0.1, 0.15) is 0 Å². The molecule has 0 aliphatic rings. The van der Waals surface area contributed by atoms with Crippen molar-refractivity contribution in [1.29, 1.82) is 0 Å². The number of hydrogen-bond donors (Lipinski definition) is 1. The summed E-state index contributed by atoms with van der Waals surface area (Å²) in [6, 6.07) is 0. The zero-order chi connectivity index (χ0) is 21.8. The molecule has 0 aromatic rings. The van der Waals surface area contributed by atoms with Crippen LogP contribution in [-0.4, -0.2) is 29.4 Å². The molecule has 0 spiro atoms. The first-order valence-corrected chi connectivity index (χ1v) is 14.0. The van der Waals surface area contributed by atoms with Crippen LogP contribution in [0.5, 0.6) is 0 Å². The predicted octanol–water partition coefficient (Wildman–Crippen LogP) is 4.11. The Morgan fingerprint density at radius 3 is 1.33 bits per heavy atom. The molecule has 0 aromatic carbocycles. The predicted molar refractivity (Wildman–Crippen MR) is 123 cm³/mol. The van der Waals surface area contributed by atoms with Gasteiger partial charge in [-0.1, -0.05) is 117 Å². The van der Waals surface area contributed by atoms with Gasteiger partial charge in [-0.25, -0.2) is 8.42 Å². The normalized spacial score (nSPS) is 13.7. The Kier molecular flexibility index (Phi) is 25.4. The fourth-order valence-corrected chi connectivity index (χ4v) is 4.89. The summed E-state index contributed by atoms with van der Waals surface area (Å²) in [6.07, 6.45) is 21.3. The summed E-state index contributed by atoms with van der Waals surface area (Å²) in [7, 11) is -4.13. The summed E-state index contributed by atoms with van der Waals surface area (Å²) >= 11 is 0. The zero-order valence-electron chi connectivity index (χ0n) is 20.4. The van der Waals surface area contributed by atoms with Crippen LogP contribution < -0.4 is 29.6 Å². The number of aliphatic hydroxyl groups excluding tert-OH is 1. The molecule has 0 heterocycles. The van der Waals surface area contributed by atoms with Gasteiger partial charge in [-0.05, 0) is 25.7 Å². The van der Waals surface area contributed by atoms with Crippen LogP contribution in [0.3, 0.4) is 0 Å². The average Bonchev–Trinajstić information content (AvgIpc) is 2.67. The first kappa shape index (κ1) is 33.0. The third-order valence-electron chi connectivity index (χ3n) is 5.99. The summed E-state index contributed by atoms with van der Waals surface area (Å²) < 4.78 is 33.9.